The third kappa shape index (κ3) is 1.65. The lowest BCUT2D eigenvalue weighted by Gasteiger charge is -1.89. The van der Waals surface area contributed by atoms with E-state index in [9.17, 15) is 0 Å². The smallest absolute Gasteiger partial charge is 0.221 e. The number of allylic oxidation sites excluding steroid dienone is 4. The fourth-order valence-corrected chi connectivity index (χ4v) is 0.386. The van der Waals surface area contributed by atoms with Gasteiger partial charge in [-0.25, -0.2) is 0 Å². The first-order valence-corrected chi connectivity index (χ1v) is 2.40. The average molecular weight is 106 g/mol. The molecule has 1 rings (SSSR count). The maximum atomic E-state index is 4.71. The third-order valence-corrected chi connectivity index (χ3v) is 0.712. The van der Waals surface area contributed by atoms with Gasteiger partial charge in [0.1, 0.15) is 0 Å². The second kappa shape index (κ2) is 3.08. The van der Waals surface area contributed by atoms with Crippen LogP contribution in [-0.4, -0.2) is 0 Å². The van der Waals surface area contributed by atoms with Crippen molar-refractivity contribution in [3.05, 3.63) is 43.2 Å². The van der Waals surface area contributed by atoms with Crippen LogP contribution < -0.4 is 0 Å². The largest absolute Gasteiger partial charge is 0.481 e. The molecule has 0 saturated heterocycles. The van der Waals surface area contributed by atoms with Crippen LogP contribution in [0.5, 0.6) is 0 Å². The number of rotatable bonds is 0. The van der Waals surface area contributed by atoms with E-state index in [-0.39, 0.29) is 0 Å². The molecule has 8 heavy (non-hydrogen) atoms. The molecule has 2 radical (unpaired) electrons. The van der Waals surface area contributed by atoms with E-state index in [2.05, 4.69) is 6.61 Å². The van der Waals surface area contributed by atoms with Gasteiger partial charge in [0, 0.05) is 0 Å². The molecule has 0 aromatic carbocycles. The van der Waals surface area contributed by atoms with Gasteiger partial charge in [0.2, 0.25) is 6.61 Å². The topological polar surface area (TPSA) is 9.23 Å². The molecule has 0 atom stereocenters. The van der Waals surface area contributed by atoms with Gasteiger partial charge in [-0.05, 0) is 12.2 Å². The average Bonchev–Trinajstić information content (AvgIpc) is 1.62. The minimum Gasteiger partial charge on any atom is -0.481 e. The lowest BCUT2D eigenvalue weighted by Crippen LogP contribution is -1.72. The van der Waals surface area contributed by atoms with Gasteiger partial charge in [0.25, 0.3) is 0 Å². The summed E-state index contributed by atoms with van der Waals surface area (Å²) in [4.78, 5) is 0. The summed E-state index contributed by atoms with van der Waals surface area (Å²) in [5.41, 5.74) is 0. The van der Waals surface area contributed by atoms with E-state index >= 15 is 0 Å². The SMILES string of the molecule is [C]1\C=C/C=C\C=C/O1. The zero-order chi connectivity index (χ0) is 5.66. The Morgan fingerprint density at radius 2 is 1.88 bits per heavy atom. The summed E-state index contributed by atoms with van der Waals surface area (Å²) in [6, 6.07) is 0. The van der Waals surface area contributed by atoms with Crippen molar-refractivity contribution in [1.82, 2.24) is 0 Å². The summed E-state index contributed by atoms with van der Waals surface area (Å²) >= 11 is 0. The molecule has 40 valence electrons. The summed E-state index contributed by atoms with van der Waals surface area (Å²) < 4.78 is 4.71. The van der Waals surface area contributed by atoms with Gasteiger partial charge in [-0.2, -0.15) is 0 Å². The fraction of sp³-hybridized carbons (Fsp3) is 0. The predicted octanol–water partition coefficient (Wildman–Crippen LogP) is 1.68. The van der Waals surface area contributed by atoms with E-state index in [0.717, 1.165) is 0 Å². The van der Waals surface area contributed by atoms with Crippen LogP contribution in [0.3, 0.4) is 0 Å². The standard InChI is InChI=1S/C7H6O/c1-2-4-6-8-7-5-3-1/h1-6H/b2-1-,5-3-,6-4-. The first-order chi connectivity index (χ1) is 4.00. The fourth-order valence-electron chi connectivity index (χ4n) is 0.386. The van der Waals surface area contributed by atoms with Crippen LogP contribution in [0.15, 0.2) is 36.6 Å². The van der Waals surface area contributed by atoms with Crippen molar-refractivity contribution < 1.29 is 4.74 Å². The third-order valence-electron chi connectivity index (χ3n) is 0.712. The molecule has 0 unspecified atom stereocenters. The Kier molecular flexibility index (Phi) is 1.99. The first-order valence-electron chi connectivity index (χ1n) is 2.40. The van der Waals surface area contributed by atoms with E-state index in [0.29, 0.717) is 0 Å². The maximum Gasteiger partial charge on any atom is 0.221 e. The number of hydrogen-bond acceptors (Lipinski definition) is 1. The van der Waals surface area contributed by atoms with Crippen LogP contribution in [-0.2, 0) is 4.74 Å². The Morgan fingerprint density at radius 3 is 2.88 bits per heavy atom. The first kappa shape index (κ1) is 5.16. The molecule has 0 bridgehead atoms. The molecular formula is C7H6O. The molecule has 0 amide bonds. The second-order valence-corrected chi connectivity index (χ2v) is 1.31. The van der Waals surface area contributed by atoms with E-state index < -0.39 is 0 Å². The summed E-state index contributed by atoms with van der Waals surface area (Å²) in [5.74, 6) is 0. The Labute approximate surface area is 49.0 Å². The van der Waals surface area contributed by atoms with Gasteiger partial charge in [-0.3, -0.25) is 0 Å². The minimum atomic E-state index is 1.57. The van der Waals surface area contributed by atoms with E-state index in [1.54, 1.807) is 18.4 Å². The van der Waals surface area contributed by atoms with Crippen LogP contribution in [0.25, 0.3) is 0 Å². The lowest BCUT2D eigenvalue weighted by atomic mass is 10.4. The molecular weight excluding hydrogens is 100 g/mol. The Hall–Kier alpha value is -0.980. The van der Waals surface area contributed by atoms with Crippen molar-refractivity contribution in [3.8, 4) is 0 Å². The summed E-state index contributed by atoms with van der Waals surface area (Å²) in [6.45, 7) is 2.57. The van der Waals surface area contributed by atoms with Crippen molar-refractivity contribution >= 4 is 0 Å². The minimum absolute atomic E-state index is 1.57. The highest BCUT2D eigenvalue weighted by Crippen LogP contribution is 1.91. The van der Waals surface area contributed by atoms with Crippen LogP contribution in [0.4, 0.5) is 0 Å². The normalized spacial score (nSPS) is 29.0. The van der Waals surface area contributed by atoms with Crippen molar-refractivity contribution in [3.63, 3.8) is 0 Å². The van der Waals surface area contributed by atoms with Crippen molar-refractivity contribution in [2.75, 3.05) is 0 Å². The summed E-state index contributed by atoms with van der Waals surface area (Å²) in [5, 5.41) is 0. The summed E-state index contributed by atoms with van der Waals surface area (Å²) in [7, 11) is 0. The highest BCUT2D eigenvalue weighted by Gasteiger charge is 1.77. The van der Waals surface area contributed by atoms with Crippen molar-refractivity contribution in [2.24, 2.45) is 0 Å². The second-order valence-electron chi connectivity index (χ2n) is 1.31. The van der Waals surface area contributed by atoms with Gasteiger partial charge in [0.05, 0.1) is 6.26 Å². The molecule has 0 aromatic rings. The van der Waals surface area contributed by atoms with Crippen molar-refractivity contribution in [2.45, 2.75) is 0 Å². The molecule has 1 heteroatoms. The van der Waals surface area contributed by atoms with Gasteiger partial charge >= 0.3 is 0 Å². The monoisotopic (exact) mass is 106 g/mol. The molecule has 0 fully saturated rings. The van der Waals surface area contributed by atoms with Crippen LogP contribution in [0.1, 0.15) is 0 Å². The van der Waals surface area contributed by atoms with Gasteiger partial charge < -0.3 is 4.74 Å². The van der Waals surface area contributed by atoms with E-state index in [1.165, 1.54) is 0 Å². The molecule has 0 saturated carbocycles. The molecule has 0 aliphatic carbocycles. The molecule has 1 aliphatic heterocycles. The zero-order valence-electron chi connectivity index (χ0n) is 4.37. The highest BCUT2D eigenvalue weighted by atomic mass is 16.5. The number of ether oxygens (including phenoxy) is 1. The maximum absolute atomic E-state index is 4.71. The zero-order valence-corrected chi connectivity index (χ0v) is 4.37. The molecule has 0 N–H and O–H groups in total. The molecule has 1 heterocycles. The Balaban J connectivity index is 2.51. The van der Waals surface area contributed by atoms with Crippen LogP contribution >= 0.6 is 0 Å². The van der Waals surface area contributed by atoms with Crippen molar-refractivity contribution in [1.29, 1.82) is 0 Å². The molecule has 0 aromatic heterocycles. The predicted molar refractivity (Wildman–Crippen MR) is 31.7 cm³/mol. The quantitative estimate of drug-likeness (QED) is 0.456. The van der Waals surface area contributed by atoms with E-state index in [1.807, 2.05) is 18.2 Å². The Bertz CT molecular complexity index is 115. The van der Waals surface area contributed by atoms with Gasteiger partial charge in [-0.15, -0.1) is 0 Å². The van der Waals surface area contributed by atoms with Crippen LogP contribution in [0.2, 0.25) is 0 Å². The van der Waals surface area contributed by atoms with Gasteiger partial charge in [-0.1, -0.05) is 18.2 Å². The summed E-state index contributed by atoms with van der Waals surface area (Å²) in [6.07, 6.45) is 10.7. The highest BCUT2D eigenvalue weighted by molar-refractivity contribution is 5.13. The van der Waals surface area contributed by atoms with E-state index in [4.69, 9.17) is 4.74 Å². The number of hydrogen-bond donors (Lipinski definition) is 0. The molecule has 1 aliphatic rings. The lowest BCUT2D eigenvalue weighted by molar-refractivity contribution is 0.357. The molecule has 1 nitrogen and oxygen atoms in total. The molecule has 0 spiro atoms. The van der Waals surface area contributed by atoms with Gasteiger partial charge in [0.15, 0.2) is 0 Å². The van der Waals surface area contributed by atoms with Crippen LogP contribution in [0, 0.1) is 6.61 Å². The Morgan fingerprint density at radius 1 is 1.00 bits per heavy atom.